The number of benzene rings is 3. The zero-order valence-electron chi connectivity index (χ0n) is 16.9. The average Bonchev–Trinajstić information content (AvgIpc) is 3.19. The van der Waals surface area contributed by atoms with Crippen LogP contribution in [-0.2, 0) is 4.79 Å². The highest BCUT2D eigenvalue weighted by Gasteiger charge is 2.13. The Balaban J connectivity index is 1.50. The number of fused-ring (bicyclic) bond motifs is 1. The van der Waals surface area contributed by atoms with Gasteiger partial charge in [-0.2, -0.15) is 0 Å². The largest absolute Gasteiger partial charge is 0.490 e. The molecule has 1 amide bonds. The Morgan fingerprint density at radius 1 is 1.00 bits per heavy atom. The highest BCUT2D eigenvalue weighted by Crippen LogP contribution is 2.32. The quantitative estimate of drug-likeness (QED) is 0.459. The van der Waals surface area contributed by atoms with Crippen LogP contribution in [0.15, 0.2) is 66.7 Å². The Labute approximate surface area is 174 Å². The van der Waals surface area contributed by atoms with Crippen molar-refractivity contribution in [3.05, 3.63) is 72.3 Å². The summed E-state index contributed by atoms with van der Waals surface area (Å²) in [6.45, 7) is 4.22. The van der Waals surface area contributed by atoms with E-state index >= 15 is 0 Å². The van der Waals surface area contributed by atoms with Gasteiger partial charge in [0, 0.05) is 11.3 Å². The van der Waals surface area contributed by atoms with Gasteiger partial charge in [-0.25, -0.2) is 4.98 Å². The van der Waals surface area contributed by atoms with E-state index in [4.69, 9.17) is 9.47 Å². The van der Waals surface area contributed by atoms with Crippen molar-refractivity contribution in [2.24, 2.45) is 0 Å². The van der Waals surface area contributed by atoms with E-state index in [-0.39, 0.29) is 12.5 Å². The molecule has 1 heterocycles. The van der Waals surface area contributed by atoms with Gasteiger partial charge in [0.1, 0.15) is 5.82 Å². The summed E-state index contributed by atoms with van der Waals surface area (Å²) in [4.78, 5) is 20.2. The van der Waals surface area contributed by atoms with Crippen LogP contribution in [0.1, 0.15) is 12.5 Å². The van der Waals surface area contributed by atoms with Crippen LogP contribution in [0.5, 0.6) is 11.5 Å². The molecule has 0 atom stereocenters. The van der Waals surface area contributed by atoms with E-state index in [1.165, 1.54) is 0 Å². The average molecular weight is 401 g/mol. The Morgan fingerprint density at radius 2 is 1.80 bits per heavy atom. The molecule has 4 rings (SSSR count). The van der Waals surface area contributed by atoms with Crippen LogP contribution >= 0.6 is 0 Å². The van der Waals surface area contributed by atoms with Crippen molar-refractivity contribution in [3.63, 3.8) is 0 Å². The molecule has 30 heavy (non-hydrogen) atoms. The number of aromatic amines is 1. The lowest BCUT2D eigenvalue weighted by Crippen LogP contribution is -2.20. The minimum absolute atomic E-state index is 0.113. The lowest BCUT2D eigenvalue weighted by Gasteiger charge is -2.13. The fourth-order valence-corrected chi connectivity index (χ4v) is 3.18. The van der Waals surface area contributed by atoms with E-state index < -0.39 is 0 Å². The molecule has 0 aliphatic carbocycles. The maximum Gasteiger partial charge on any atom is 0.262 e. The number of nitrogens with zero attached hydrogens (tertiary/aromatic N) is 1. The molecule has 6 nitrogen and oxygen atoms in total. The molecule has 0 radical (unpaired) electrons. The number of imidazole rings is 1. The summed E-state index contributed by atoms with van der Waals surface area (Å²) < 4.78 is 11.5. The van der Waals surface area contributed by atoms with Gasteiger partial charge in [0.05, 0.1) is 17.6 Å². The molecule has 0 aliphatic rings. The lowest BCUT2D eigenvalue weighted by atomic mass is 10.2. The van der Waals surface area contributed by atoms with Gasteiger partial charge in [0.2, 0.25) is 0 Å². The molecule has 6 heteroatoms. The number of hydrogen-bond donors (Lipinski definition) is 2. The summed E-state index contributed by atoms with van der Waals surface area (Å²) in [6, 6.07) is 21.1. The van der Waals surface area contributed by atoms with E-state index in [0.717, 1.165) is 33.7 Å². The number of ether oxygens (including phenoxy) is 2. The maximum atomic E-state index is 12.3. The van der Waals surface area contributed by atoms with E-state index in [1.54, 1.807) is 6.07 Å². The number of aryl methyl sites for hydroxylation is 1. The highest BCUT2D eigenvalue weighted by atomic mass is 16.5. The number of carbonyl (C=O) groups excluding carboxylic acids is 1. The predicted molar refractivity (Wildman–Crippen MR) is 118 cm³/mol. The summed E-state index contributed by atoms with van der Waals surface area (Å²) in [6.07, 6.45) is 0. The van der Waals surface area contributed by atoms with Crippen LogP contribution in [0.3, 0.4) is 0 Å². The minimum Gasteiger partial charge on any atom is -0.490 e. The standard InChI is InChI=1S/C24H23N3O3/c1-3-29-22-14-17(24-26-19-10-6-7-11-20(19)27-24)12-13-21(22)30-15-23(28)25-18-9-5-4-8-16(18)2/h4-14H,3,15H2,1-2H3,(H,25,28)(H,26,27). The highest BCUT2D eigenvalue weighted by molar-refractivity contribution is 5.92. The Kier molecular flexibility index (Phi) is 5.66. The summed E-state index contributed by atoms with van der Waals surface area (Å²) in [5.74, 6) is 1.60. The molecular weight excluding hydrogens is 378 g/mol. The number of nitrogens with one attached hydrogen (secondary N) is 2. The van der Waals surface area contributed by atoms with Crippen molar-refractivity contribution in [3.8, 4) is 22.9 Å². The van der Waals surface area contributed by atoms with Crippen molar-refractivity contribution >= 4 is 22.6 Å². The number of anilines is 1. The molecule has 1 aromatic heterocycles. The van der Waals surface area contributed by atoms with E-state index in [1.807, 2.05) is 74.5 Å². The Bertz CT molecular complexity index is 1150. The molecule has 4 aromatic rings. The number of rotatable bonds is 7. The monoisotopic (exact) mass is 401 g/mol. The van der Waals surface area contributed by atoms with Crippen LogP contribution in [0.4, 0.5) is 5.69 Å². The van der Waals surface area contributed by atoms with Crippen LogP contribution in [0.25, 0.3) is 22.4 Å². The van der Waals surface area contributed by atoms with Gasteiger partial charge in [-0.05, 0) is 55.8 Å². The first-order valence-corrected chi connectivity index (χ1v) is 9.84. The number of H-pyrrole nitrogens is 1. The topological polar surface area (TPSA) is 76.2 Å². The van der Waals surface area contributed by atoms with Crippen molar-refractivity contribution < 1.29 is 14.3 Å². The van der Waals surface area contributed by atoms with Crippen molar-refractivity contribution in [1.82, 2.24) is 9.97 Å². The number of hydrogen-bond acceptors (Lipinski definition) is 4. The molecular formula is C24H23N3O3. The third kappa shape index (κ3) is 4.27. The van der Waals surface area contributed by atoms with Gasteiger partial charge >= 0.3 is 0 Å². The van der Waals surface area contributed by atoms with Crippen molar-refractivity contribution in [1.29, 1.82) is 0 Å². The van der Waals surface area contributed by atoms with E-state index in [9.17, 15) is 4.79 Å². The SMILES string of the molecule is CCOc1cc(-c2nc3ccccc3[nH]2)ccc1OCC(=O)Nc1ccccc1C. The second kappa shape index (κ2) is 8.69. The molecule has 0 bridgehead atoms. The first kappa shape index (κ1) is 19.5. The summed E-state index contributed by atoms with van der Waals surface area (Å²) in [5.41, 5.74) is 4.52. The molecule has 0 aliphatic heterocycles. The lowest BCUT2D eigenvalue weighted by molar-refractivity contribution is -0.118. The molecule has 3 aromatic carbocycles. The second-order valence-electron chi connectivity index (χ2n) is 6.85. The molecule has 0 unspecified atom stereocenters. The summed E-state index contributed by atoms with van der Waals surface area (Å²) in [7, 11) is 0. The van der Waals surface area contributed by atoms with E-state index in [0.29, 0.717) is 18.1 Å². The maximum absolute atomic E-state index is 12.3. The molecule has 152 valence electrons. The van der Waals surface area contributed by atoms with Gasteiger partial charge in [0.25, 0.3) is 5.91 Å². The normalized spacial score (nSPS) is 10.7. The predicted octanol–water partition coefficient (Wildman–Crippen LogP) is 4.95. The van der Waals surface area contributed by atoms with Gasteiger partial charge in [0.15, 0.2) is 18.1 Å². The number of para-hydroxylation sites is 3. The first-order valence-electron chi connectivity index (χ1n) is 9.84. The molecule has 0 saturated carbocycles. The number of amides is 1. The minimum atomic E-state index is -0.229. The van der Waals surface area contributed by atoms with Gasteiger partial charge < -0.3 is 19.8 Å². The Hall–Kier alpha value is -3.80. The third-order valence-corrected chi connectivity index (χ3v) is 4.68. The fraction of sp³-hybridized carbons (Fsp3) is 0.167. The van der Waals surface area contributed by atoms with Gasteiger partial charge in [-0.3, -0.25) is 4.79 Å². The van der Waals surface area contributed by atoms with Crippen molar-refractivity contribution in [2.45, 2.75) is 13.8 Å². The third-order valence-electron chi connectivity index (χ3n) is 4.68. The fourth-order valence-electron chi connectivity index (χ4n) is 3.18. The smallest absolute Gasteiger partial charge is 0.262 e. The second-order valence-corrected chi connectivity index (χ2v) is 6.85. The van der Waals surface area contributed by atoms with Crippen LogP contribution in [0.2, 0.25) is 0 Å². The molecule has 0 saturated heterocycles. The zero-order chi connectivity index (χ0) is 20.9. The van der Waals surface area contributed by atoms with E-state index in [2.05, 4.69) is 15.3 Å². The molecule has 2 N–H and O–H groups in total. The summed E-state index contributed by atoms with van der Waals surface area (Å²) >= 11 is 0. The molecule has 0 fully saturated rings. The Morgan fingerprint density at radius 3 is 2.60 bits per heavy atom. The van der Waals surface area contributed by atoms with Gasteiger partial charge in [-0.15, -0.1) is 0 Å². The number of aromatic nitrogens is 2. The summed E-state index contributed by atoms with van der Waals surface area (Å²) in [5, 5.41) is 2.86. The van der Waals surface area contributed by atoms with Crippen LogP contribution in [0, 0.1) is 6.92 Å². The zero-order valence-corrected chi connectivity index (χ0v) is 16.9. The number of carbonyl (C=O) groups is 1. The van der Waals surface area contributed by atoms with Gasteiger partial charge in [-0.1, -0.05) is 30.3 Å². The van der Waals surface area contributed by atoms with Crippen LogP contribution in [-0.4, -0.2) is 29.1 Å². The van der Waals surface area contributed by atoms with Crippen LogP contribution < -0.4 is 14.8 Å². The molecule has 0 spiro atoms. The first-order chi connectivity index (χ1) is 14.6. The van der Waals surface area contributed by atoms with Crippen molar-refractivity contribution in [2.75, 3.05) is 18.5 Å².